The number of halogens is 1. The van der Waals surface area contributed by atoms with Crippen LogP contribution in [0.25, 0.3) is 5.69 Å². The van der Waals surface area contributed by atoms with Crippen LogP contribution in [0.4, 0.5) is 5.69 Å². The van der Waals surface area contributed by atoms with E-state index in [1.807, 2.05) is 29.8 Å². The number of piperidine rings is 1. The Morgan fingerprint density at radius 2 is 1.90 bits per heavy atom. The molecule has 0 bridgehead atoms. The number of aryl methyl sites for hydroxylation is 2. The van der Waals surface area contributed by atoms with E-state index in [1.54, 1.807) is 6.20 Å². The molecule has 1 aliphatic rings. The van der Waals surface area contributed by atoms with Crippen molar-refractivity contribution >= 4 is 23.2 Å². The zero-order chi connectivity index (χ0) is 21.3. The Hall–Kier alpha value is -2.63. The molecule has 4 rings (SSSR count). The molecule has 3 aromatic rings. The SMILES string of the molecule is Cc1ccc(-n2ncc(C(=O)Nc3cccc(Cl)c3C)c2C2CCNCC2)cc1C. The van der Waals surface area contributed by atoms with Crippen molar-refractivity contribution in [2.75, 3.05) is 18.4 Å². The fourth-order valence-corrected chi connectivity index (χ4v) is 4.19. The maximum atomic E-state index is 13.3. The predicted octanol–water partition coefficient (Wildman–Crippen LogP) is 5.17. The highest BCUT2D eigenvalue weighted by Gasteiger charge is 2.27. The van der Waals surface area contributed by atoms with E-state index in [0.29, 0.717) is 10.6 Å². The molecule has 1 aromatic heterocycles. The van der Waals surface area contributed by atoms with E-state index in [4.69, 9.17) is 11.6 Å². The summed E-state index contributed by atoms with van der Waals surface area (Å²) in [5.74, 6) is 0.126. The number of carbonyl (C=O) groups excluding carboxylic acids is 1. The number of hydrogen-bond acceptors (Lipinski definition) is 3. The Labute approximate surface area is 182 Å². The van der Waals surface area contributed by atoms with Crippen molar-refractivity contribution in [2.24, 2.45) is 0 Å². The number of benzene rings is 2. The molecule has 1 aliphatic heterocycles. The normalized spacial score (nSPS) is 14.7. The minimum Gasteiger partial charge on any atom is -0.322 e. The van der Waals surface area contributed by atoms with Crippen molar-refractivity contribution in [1.82, 2.24) is 15.1 Å². The van der Waals surface area contributed by atoms with Crippen molar-refractivity contribution in [3.63, 3.8) is 0 Å². The lowest BCUT2D eigenvalue weighted by molar-refractivity contribution is 0.102. The minimum atomic E-state index is -0.149. The molecular formula is C24H27ClN4O. The fraction of sp³-hybridized carbons (Fsp3) is 0.333. The Morgan fingerprint density at radius 3 is 2.63 bits per heavy atom. The maximum absolute atomic E-state index is 13.3. The lowest BCUT2D eigenvalue weighted by Gasteiger charge is -2.25. The molecule has 0 radical (unpaired) electrons. The summed E-state index contributed by atoms with van der Waals surface area (Å²) in [5, 5.41) is 11.7. The Bertz CT molecular complexity index is 1080. The van der Waals surface area contributed by atoms with Gasteiger partial charge >= 0.3 is 0 Å². The number of carbonyl (C=O) groups is 1. The number of nitrogens with one attached hydrogen (secondary N) is 2. The molecule has 1 fully saturated rings. The van der Waals surface area contributed by atoms with Gasteiger partial charge in [-0.25, -0.2) is 4.68 Å². The van der Waals surface area contributed by atoms with Gasteiger partial charge in [0.15, 0.2) is 0 Å². The molecule has 5 nitrogen and oxygen atoms in total. The fourth-order valence-electron chi connectivity index (χ4n) is 4.02. The molecule has 2 N–H and O–H groups in total. The minimum absolute atomic E-state index is 0.149. The highest BCUT2D eigenvalue weighted by atomic mass is 35.5. The van der Waals surface area contributed by atoms with Crippen LogP contribution >= 0.6 is 11.6 Å². The van der Waals surface area contributed by atoms with Crippen LogP contribution in [0, 0.1) is 20.8 Å². The summed E-state index contributed by atoms with van der Waals surface area (Å²) in [4.78, 5) is 13.3. The number of anilines is 1. The van der Waals surface area contributed by atoms with Crippen LogP contribution in [0.3, 0.4) is 0 Å². The van der Waals surface area contributed by atoms with Gasteiger partial charge in [-0.15, -0.1) is 0 Å². The number of hydrogen-bond donors (Lipinski definition) is 2. The summed E-state index contributed by atoms with van der Waals surface area (Å²) >= 11 is 6.23. The van der Waals surface area contributed by atoms with E-state index >= 15 is 0 Å². The smallest absolute Gasteiger partial charge is 0.259 e. The average molecular weight is 423 g/mol. The third kappa shape index (κ3) is 4.00. The molecule has 0 atom stereocenters. The number of nitrogens with zero attached hydrogens (tertiary/aromatic N) is 2. The Morgan fingerprint density at radius 1 is 1.13 bits per heavy atom. The van der Waals surface area contributed by atoms with E-state index in [-0.39, 0.29) is 11.8 Å². The topological polar surface area (TPSA) is 59.0 Å². The van der Waals surface area contributed by atoms with Crippen molar-refractivity contribution in [3.05, 3.63) is 75.6 Å². The van der Waals surface area contributed by atoms with Gasteiger partial charge in [-0.1, -0.05) is 23.7 Å². The zero-order valence-corrected chi connectivity index (χ0v) is 18.4. The zero-order valence-electron chi connectivity index (χ0n) is 17.6. The molecular weight excluding hydrogens is 396 g/mol. The first kappa shape index (κ1) is 20.6. The summed E-state index contributed by atoms with van der Waals surface area (Å²) in [6.07, 6.45) is 3.65. The number of amides is 1. The first-order chi connectivity index (χ1) is 14.5. The first-order valence-electron chi connectivity index (χ1n) is 10.4. The molecule has 1 saturated heterocycles. The molecule has 2 aromatic carbocycles. The summed E-state index contributed by atoms with van der Waals surface area (Å²) in [7, 11) is 0. The van der Waals surface area contributed by atoms with Gasteiger partial charge < -0.3 is 10.6 Å². The van der Waals surface area contributed by atoms with Crippen LogP contribution in [0.2, 0.25) is 5.02 Å². The van der Waals surface area contributed by atoms with Crippen LogP contribution in [-0.4, -0.2) is 28.8 Å². The Balaban J connectivity index is 1.75. The molecule has 2 heterocycles. The largest absolute Gasteiger partial charge is 0.322 e. The van der Waals surface area contributed by atoms with Gasteiger partial charge in [-0.2, -0.15) is 5.10 Å². The van der Waals surface area contributed by atoms with Crippen LogP contribution in [0.15, 0.2) is 42.6 Å². The van der Waals surface area contributed by atoms with Gasteiger partial charge in [0.1, 0.15) is 0 Å². The predicted molar refractivity (Wildman–Crippen MR) is 122 cm³/mol. The molecule has 156 valence electrons. The Kier molecular flexibility index (Phi) is 5.93. The standard InChI is InChI=1S/C24H27ClN4O/c1-15-7-8-19(13-16(15)2)29-23(18-9-11-26-12-10-18)20(14-27-29)24(30)28-22-6-4-5-21(25)17(22)3/h4-8,13-14,18,26H,9-12H2,1-3H3,(H,28,30). The lowest BCUT2D eigenvalue weighted by atomic mass is 9.91. The van der Waals surface area contributed by atoms with Crippen molar-refractivity contribution in [3.8, 4) is 5.69 Å². The third-order valence-corrected chi connectivity index (χ3v) is 6.44. The van der Waals surface area contributed by atoms with Gasteiger partial charge in [0.05, 0.1) is 23.1 Å². The summed E-state index contributed by atoms with van der Waals surface area (Å²) < 4.78 is 1.95. The van der Waals surface area contributed by atoms with Gasteiger partial charge in [0.2, 0.25) is 0 Å². The summed E-state index contributed by atoms with van der Waals surface area (Å²) in [5.41, 5.74) is 6.63. The van der Waals surface area contributed by atoms with Crippen LogP contribution in [-0.2, 0) is 0 Å². The highest BCUT2D eigenvalue weighted by molar-refractivity contribution is 6.31. The van der Waals surface area contributed by atoms with Crippen molar-refractivity contribution in [1.29, 1.82) is 0 Å². The van der Waals surface area contributed by atoms with Gasteiger partial charge in [-0.3, -0.25) is 4.79 Å². The molecule has 0 spiro atoms. The van der Waals surface area contributed by atoms with Gasteiger partial charge in [0.25, 0.3) is 5.91 Å². The molecule has 6 heteroatoms. The molecule has 1 amide bonds. The lowest BCUT2D eigenvalue weighted by Crippen LogP contribution is -2.29. The van der Waals surface area contributed by atoms with Crippen molar-refractivity contribution < 1.29 is 4.79 Å². The monoisotopic (exact) mass is 422 g/mol. The van der Waals surface area contributed by atoms with E-state index in [0.717, 1.165) is 48.6 Å². The maximum Gasteiger partial charge on any atom is 0.259 e. The van der Waals surface area contributed by atoms with Crippen molar-refractivity contribution in [2.45, 2.75) is 39.5 Å². The second-order valence-electron chi connectivity index (χ2n) is 8.01. The summed E-state index contributed by atoms with van der Waals surface area (Å²) in [6, 6.07) is 11.9. The first-order valence-corrected chi connectivity index (χ1v) is 10.8. The van der Waals surface area contributed by atoms with Crippen LogP contribution in [0.5, 0.6) is 0 Å². The molecule has 0 saturated carbocycles. The quantitative estimate of drug-likeness (QED) is 0.609. The number of rotatable bonds is 4. The second-order valence-corrected chi connectivity index (χ2v) is 8.42. The molecule has 0 aliphatic carbocycles. The summed E-state index contributed by atoms with van der Waals surface area (Å²) in [6.45, 7) is 7.99. The van der Waals surface area contributed by atoms with Crippen LogP contribution < -0.4 is 10.6 Å². The third-order valence-electron chi connectivity index (χ3n) is 6.03. The average Bonchev–Trinajstić information content (AvgIpc) is 3.19. The van der Waals surface area contributed by atoms with Gasteiger partial charge in [-0.05, 0) is 87.7 Å². The van der Waals surface area contributed by atoms with Crippen LogP contribution in [0.1, 0.15) is 51.5 Å². The highest BCUT2D eigenvalue weighted by Crippen LogP contribution is 2.32. The number of aromatic nitrogens is 2. The van der Waals surface area contributed by atoms with E-state index < -0.39 is 0 Å². The van der Waals surface area contributed by atoms with E-state index in [2.05, 4.69) is 47.8 Å². The molecule has 0 unspecified atom stereocenters. The molecule has 30 heavy (non-hydrogen) atoms. The second kappa shape index (κ2) is 8.62. The van der Waals surface area contributed by atoms with Gasteiger partial charge in [0, 0.05) is 16.6 Å². The van der Waals surface area contributed by atoms with E-state index in [1.165, 1.54) is 11.1 Å². The van der Waals surface area contributed by atoms with E-state index in [9.17, 15) is 4.79 Å².